The van der Waals surface area contributed by atoms with Crippen LogP contribution in [0.15, 0.2) is 30.3 Å². The molecule has 0 radical (unpaired) electrons. The van der Waals surface area contributed by atoms with E-state index in [1.54, 1.807) is 0 Å². The van der Waals surface area contributed by atoms with Crippen LogP contribution in [0, 0.1) is 5.92 Å². The van der Waals surface area contributed by atoms with Crippen molar-refractivity contribution < 1.29 is 9.59 Å². The van der Waals surface area contributed by atoms with E-state index in [0.29, 0.717) is 12.8 Å². The van der Waals surface area contributed by atoms with Gasteiger partial charge in [-0.2, -0.15) is 0 Å². The SMILES string of the molecule is NC(=O)C(CCc1ccccc1)C(N)=O. The van der Waals surface area contributed by atoms with Gasteiger partial charge in [-0.25, -0.2) is 0 Å². The summed E-state index contributed by atoms with van der Waals surface area (Å²) in [5.41, 5.74) is 11.2. The molecule has 4 N–H and O–H groups in total. The van der Waals surface area contributed by atoms with E-state index in [9.17, 15) is 9.59 Å². The Bertz CT molecular complexity index is 335. The van der Waals surface area contributed by atoms with Crippen molar-refractivity contribution in [3.8, 4) is 0 Å². The fourth-order valence-electron chi connectivity index (χ4n) is 1.38. The third kappa shape index (κ3) is 3.42. The van der Waals surface area contributed by atoms with Crippen molar-refractivity contribution >= 4 is 11.8 Å². The largest absolute Gasteiger partial charge is 0.369 e. The van der Waals surface area contributed by atoms with Gasteiger partial charge in [0.15, 0.2) is 0 Å². The van der Waals surface area contributed by atoms with E-state index >= 15 is 0 Å². The lowest BCUT2D eigenvalue weighted by atomic mass is 9.98. The van der Waals surface area contributed by atoms with Gasteiger partial charge in [0.25, 0.3) is 0 Å². The number of hydrogen-bond acceptors (Lipinski definition) is 2. The molecule has 1 aromatic carbocycles. The summed E-state index contributed by atoms with van der Waals surface area (Å²) in [6.45, 7) is 0. The zero-order valence-electron chi connectivity index (χ0n) is 8.35. The van der Waals surface area contributed by atoms with E-state index in [2.05, 4.69) is 0 Å². The Labute approximate surface area is 88.3 Å². The summed E-state index contributed by atoms with van der Waals surface area (Å²) in [5, 5.41) is 0. The first-order valence-corrected chi connectivity index (χ1v) is 4.74. The van der Waals surface area contributed by atoms with Crippen molar-refractivity contribution in [1.29, 1.82) is 0 Å². The Hall–Kier alpha value is -1.84. The first kappa shape index (κ1) is 11.2. The molecule has 4 heteroatoms. The van der Waals surface area contributed by atoms with E-state index in [1.807, 2.05) is 30.3 Å². The Kier molecular flexibility index (Phi) is 3.85. The fourth-order valence-corrected chi connectivity index (χ4v) is 1.38. The van der Waals surface area contributed by atoms with Gasteiger partial charge < -0.3 is 11.5 Å². The number of aryl methyl sites for hydroxylation is 1. The Morgan fingerprint density at radius 1 is 1.07 bits per heavy atom. The first-order valence-electron chi connectivity index (χ1n) is 4.74. The highest BCUT2D eigenvalue weighted by Crippen LogP contribution is 2.09. The first-order chi connectivity index (χ1) is 7.11. The molecule has 4 nitrogen and oxygen atoms in total. The lowest BCUT2D eigenvalue weighted by molar-refractivity contribution is -0.131. The zero-order valence-corrected chi connectivity index (χ0v) is 8.35. The minimum absolute atomic E-state index is 0.370. The molecule has 0 aliphatic carbocycles. The molecule has 0 bridgehead atoms. The highest BCUT2D eigenvalue weighted by molar-refractivity contribution is 5.98. The highest BCUT2D eigenvalue weighted by atomic mass is 16.2. The van der Waals surface area contributed by atoms with E-state index < -0.39 is 17.7 Å². The van der Waals surface area contributed by atoms with Crippen LogP contribution in [-0.2, 0) is 16.0 Å². The molecule has 80 valence electrons. The Morgan fingerprint density at radius 3 is 2.07 bits per heavy atom. The number of amides is 2. The van der Waals surface area contributed by atoms with E-state index in [1.165, 1.54) is 0 Å². The van der Waals surface area contributed by atoms with Crippen molar-refractivity contribution in [2.45, 2.75) is 12.8 Å². The zero-order chi connectivity index (χ0) is 11.3. The minimum atomic E-state index is -0.870. The van der Waals surface area contributed by atoms with Gasteiger partial charge >= 0.3 is 0 Å². The van der Waals surface area contributed by atoms with Crippen LogP contribution in [0.4, 0.5) is 0 Å². The number of benzene rings is 1. The maximum atomic E-state index is 10.9. The molecular formula is C11H14N2O2. The number of carbonyl (C=O) groups excluding carboxylic acids is 2. The summed E-state index contributed by atoms with van der Waals surface area (Å²) in [6.07, 6.45) is 0.992. The van der Waals surface area contributed by atoms with Crippen LogP contribution in [-0.4, -0.2) is 11.8 Å². The molecule has 0 saturated heterocycles. The number of hydrogen-bond donors (Lipinski definition) is 2. The quantitative estimate of drug-likeness (QED) is 0.674. The number of nitrogens with two attached hydrogens (primary N) is 2. The maximum Gasteiger partial charge on any atom is 0.229 e. The number of carbonyl (C=O) groups is 2. The molecule has 0 heterocycles. The van der Waals surface area contributed by atoms with Crippen LogP contribution in [0.1, 0.15) is 12.0 Å². The second kappa shape index (κ2) is 5.14. The standard InChI is InChI=1S/C11H14N2O2/c12-10(14)9(11(13)15)7-6-8-4-2-1-3-5-8/h1-5,9H,6-7H2,(H2,12,14)(H2,13,15). The van der Waals surface area contributed by atoms with Gasteiger partial charge in [-0.3, -0.25) is 9.59 Å². The van der Waals surface area contributed by atoms with Crippen LogP contribution in [0.2, 0.25) is 0 Å². The van der Waals surface area contributed by atoms with Crippen molar-refractivity contribution in [3.05, 3.63) is 35.9 Å². The molecule has 1 aromatic rings. The van der Waals surface area contributed by atoms with Gasteiger partial charge in [0.2, 0.25) is 11.8 Å². The van der Waals surface area contributed by atoms with E-state index in [0.717, 1.165) is 5.56 Å². The summed E-state index contributed by atoms with van der Waals surface area (Å²) in [6, 6.07) is 9.57. The summed E-state index contributed by atoms with van der Waals surface area (Å²) < 4.78 is 0. The number of primary amides is 2. The summed E-state index contributed by atoms with van der Waals surface area (Å²) in [4.78, 5) is 21.8. The van der Waals surface area contributed by atoms with Gasteiger partial charge in [0, 0.05) is 0 Å². The number of rotatable bonds is 5. The molecule has 0 unspecified atom stereocenters. The smallest absolute Gasteiger partial charge is 0.229 e. The fraction of sp³-hybridized carbons (Fsp3) is 0.273. The topological polar surface area (TPSA) is 86.2 Å². The van der Waals surface area contributed by atoms with Crippen molar-refractivity contribution in [1.82, 2.24) is 0 Å². The predicted octanol–water partition coefficient (Wildman–Crippen LogP) is 0.206. The lowest BCUT2D eigenvalue weighted by Gasteiger charge is -2.08. The van der Waals surface area contributed by atoms with Crippen molar-refractivity contribution in [2.24, 2.45) is 17.4 Å². The summed E-state index contributed by atoms with van der Waals surface area (Å²) >= 11 is 0. The molecule has 0 aromatic heterocycles. The average molecular weight is 206 g/mol. The second-order valence-electron chi connectivity index (χ2n) is 3.38. The van der Waals surface area contributed by atoms with E-state index in [4.69, 9.17) is 11.5 Å². The van der Waals surface area contributed by atoms with Crippen LogP contribution in [0.3, 0.4) is 0 Å². The summed E-state index contributed by atoms with van der Waals surface area (Å²) in [7, 11) is 0. The van der Waals surface area contributed by atoms with Crippen LogP contribution in [0.5, 0.6) is 0 Å². The van der Waals surface area contributed by atoms with Gasteiger partial charge in [-0.1, -0.05) is 30.3 Å². The predicted molar refractivity (Wildman–Crippen MR) is 56.6 cm³/mol. The molecule has 1 rings (SSSR count). The Balaban J connectivity index is 2.55. The van der Waals surface area contributed by atoms with Crippen LogP contribution < -0.4 is 11.5 Å². The molecular weight excluding hydrogens is 192 g/mol. The van der Waals surface area contributed by atoms with Crippen molar-refractivity contribution in [3.63, 3.8) is 0 Å². The molecule has 2 amide bonds. The minimum Gasteiger partial charge on any atom is -0.369 e. The molecule has 0 saturated carbocycles. The van der Waals surface area contributed by atoms with Crippen molar-refractivity contribution in [2.75, 3.05) is 0 Å². The van der Waals surface area contributed by atoms with E-state index in [-0.39, 0.29) is 0 Å². The van der Waals surface area contributed by atoms with Gasteiger partial charge in [0.1, 0.15) is 5.92 Å². The average Bonchev–Trinajstić information content (AvgIpc) is 2.18. The normalized spacial score (nSPS) is 10.2. The summed E-state index contributed by atoms with van der Waals surface area (Å²) in [5.74, 6) is -2.18. The molecule has 15 heavy (non-hydrogen) atoms. The molecule has 0 spiro atoms. The molecule has 0 atom stereocenters. The van der Waals surface area contributed by atoms with Crippen LogP contribution in [0.25, 0.3) is 0 Å². The maximum absolute atomic E-state index is 10.9. The monoisotopic (exact) mass is 206 g/mol. The van der Waals surface area contributed by atoms with Crippen LogP contribution >= 0.6 is 0 Å². The van der Waals surface area contributed by atoms with Gasteiger partial charge in [0.05, 0.1) is 0 Å². The second-order valence-corrected chi connectivity index (χ2v) is 3.38. The highest BCUT2D eigenvalue weighted by Gasteiger charge is 2.20. The Morgan fingerprint density at radius 2 is 1.60 bits per heavy atom. The van der Waals surface area contributed by atoms with Gasteiger partial charge in [-0.05, 0) is 18.4 Å². The molecule has 0 aliphatic heterocycles. The molecule has 0 aliphatic rings. The van der Waals surface area contributed by atoms with Gasteiger partial charge in [-0.15, -0.1) is 0 Å². The third-order valence-corrected chi connectivity index (χ3v) is 2.25. The lowest BCUT2D eigenvalue weighted by Crippen LogP contribution is -2.35. The molecule has 0 fully saturated rings. The third-order valence-electron chi connectivity index (χ3n) is 2.25.